The third-order valence-corrected chi connectivity index (χ3v) is 3.48. The lowest BCUT2D eigenvalue weighted by molar-refractivity contribution is -0.116. The Morgan fingerprint density at radius 3 is 2.95 bits per heavy atom. The average Bonchev–Trinajstić information content (AvgIpc) is 3.00. The summed E-state index contributed by atoms with van der Waals surface area (Å²) in [6, 6.07) is 9.63. The molecule has 0 fully saturated rings. The Kier molecular flexibility index (Phi) is 5.51. The number of benzene rings is 1. The molecule has 2 aromatic rings. The second kappa shape index (κ2) is 7.59. The molecule has 0 saturated carbocycles. The van der Waals surface area contributed by atoms with Crippen LogP contribution in [0.15, 0.2) is 36.5 Å². The minimum absolute atomic E-state index is 0.0423. The summed E-state index contributed by atoms with van der Waals surface area (Å²) in [7, 11) is 0. The van der Waals surface area contributed by atoms with Crippen LogP contribution in [0.3, 0.4) is 0 Å². The Morgan fingerprint density at radius 2 is 2.24 bits per heavy atom. The number of carbonyl (C=O) groups excluding carboxylic acids is 1. The number of carbonyl (C=O) groups is 1. The van der Waals surface area contributed by atoms with E-state index in [2.05, 4.69) is 22.4 Å². The molecule has 112 valence electrons. The molecule has 1 aromatic carbocycles. The van der Waals surface area contributed by atoms with Gasteiger partial charge in [-0.1, -0.05) is 19.1 Å². The predicted octanol–water partition coefficient (Wildman–Crippen LogP) is 2.78. The van der Waals surface area contributed by atoms with Gasteiger partial charge in [-0.05, 0) is 43.5 Å². The van der Waals surface area contributed by atoms with Gasteiger partial charge in [0.2, 0.25) is 5.91 Å². The zero-order valence-corrected chi connectivity index (χ0v) is 12.3. The van der Waals surface area contributed by atoms with Gasteiger partial charge in [-0.25, -0.2) is 0 Å². The van der Waals surface area contributed by atoms with Gasteiger partial charge in [-0.15, -0.1) is 0 Å². The van der Waals surface area contributed by atoms with Crippen LogP contribution in [0.5, 0.6) is 0 Å². The van der Waals surface area contributed by atoms with Gasteiger partial charge in [-0.3, -0.25) is 9.89 Å². The molecule has 5 heteroatoms. The molecule has 1 aromatic heterocycles. The fourth-order valence-electron chi connectivity index (χ4n) is 2.21. The number of hydrogen-bond acceptors (Lipinski definition) is 3. The number of aromatic nitrogens is 2. The molecular weight excluding hydrogens is 264 g/mol. The van der Waals surface area contributed by atoms with E-state index in [1.54, 1.807) is 6.20 Å². The molecule has 0 saturated heterocycles. The predicted molar refractivity (Wildman–Crippen MR) is 84.7 cm³/mol. The molecule has 0 aliphatic carbocycles. The van der Waals surface area contributed by atoms with Crippen molar-refractivity contribution in [1.29, 1.82) is 0 Å². The standard InChI is InChI=1S/C16H22N4O/c1-12(7-9-17)5-6-16(21)19-14-4-2-3-13(11-14)15-8-10-18-20-15/h2-4,8,10-12H,5-7,9,17H2,1H3,(H,18,20)(H,19,21). The monoisotopic (exact) mass is 286 g/mol. The van der Waals surface area contributed by atoms with Gasteiger partial charge in [0.25, 0.3) is 0 Å². The topological polar surface area (TPSA) is 83.8 Å². The summed E-state index contributed by atoms with van der Waals surface area (Å²) < 4.78 is 0. The minimum Gasteiger partial charge on any atom is -0.330 e. The van der Waals surface area contributed by atoms with Crippen LogP contribution in [0.1, 0.15) is 26.2 Å². The first-order valence-electron chi connectivity index (χ1n) is 7.28. The van der Waals surface area contributed by atoms with Crippen molar-refractivity contribution < 1.29 is 4.79 Å². The summed E-state index contributed by atoms with van der Waals surface area (Å²) >= 11 is 0. The molecule has 2 rings (SSSR count). The molecule has 21 heavy (non-hydrogen) atoms. The lowest BCUT2D eigenvalue weighted by Gasteiger charge is -2.10. The van der Waals surface area contributed by atoms with Crippen molar-refractivity contribution in [3.05, 3.63) is 36.5 Å². The van der Waals surface area contributed by atoms with Crippen molar-refractivity contribution in [2.45, 2.75) is 26.2 Å². The van der Waals surface area contributed by atoms with E-state index in [-0.39, 0.29) is 5.91 Å². The van der Waals surface area contributed by atoms with E-state index in [0.29, 0.717) is 18.9 Å². The van der Waals surface area contributed by atoms with E-state index < -0.39 is 0 Å². The normalized spacial score (nSPS) is 12.1. The van der Waals surface area contributed by atoms with Crippen molar-refractivity contribution in [3.8, 4) is 11.3 Å². The largest absolute Gasteiger partial charge is 0.330 e. The second-order valence-corrected chi connectivity index (χ2v) is 5.32. The van der Waals surface area contributed by atoms with Crippen LogP contribution in [0.25, 0.3) is 11.3 Å². The quantitative estimate of drug-likeness (QED) is 0.731. The summed E-state index contributed by atoms with van der Waals surface area (Å²) in [4.78, 5) is 12.0. The average molecular weight is 286 g/mol. The summed E-state index contributed by atoms with van der Waals surface area (Å²) in [5.74, 6) is 0.526. The molecule has 0 bridgehead atoms. The Balaban J connectivity index is 1.91. The third kappa shape index (κ3) is 4.72. The molecule has 0 aliphatic rings. The number of aromatic amines is 1. The van der Waals surface area contributed by atoms with E-state index in [4.69, 9.17) is 5.73 Å². The molecule has 0 radical (unpaired) electrons. The molecule has 4 N–H and O–H groups in total. The zero-order chi connectivity index (χ0) is 15.1. The Morgan fingerprint density at radius 1 is 1.38 bits per heavy atom. The van der Waals surface area contributed by atoms with Crippen molar-refractivity contribution in [3.63, 3.8) is 0 Å². The number of anilines is 1. The zero-order valence-electron chi connectivity index (χ0n) is 12.3. The number of rotatable bonds is 7. The van der Waals surface area contributed by atoms with Gasteiger partial charge in [0, 0.05) is 23.9 Å². The van der Waals surface area contributed by atoms with Crippen molar-refractivity contribution in [2.24, 2.45) is 11.7 Å². The summed E-state index contributed by atoms with van der Waals surface area (Å²) in [5, 5.41) is 9.78. The lowest BCUT2D eigenvalue weighted by atomic mass is 10.0. The van der Waals surface area contributed by atoms with Crippen molar-refractivity contribution >= 4 is 11.6 Å². The molecular formula is C16H22N4O. The van der Waals surface area contributed by atoms with Crippen molar-refractivity contribution in [2.75, 3.05) is 11.9 Å². The number of amides is 1. The fourth-order valence-corrected chi connectivity index (χ4v) is 2.21. The number of nitrogens with two attached hydrogens (primary N) is 1. The maximum atomic E-state index is 12.0. The van der Waals surface area contributed by atoms with Gasteiger partial charge in [-0.2, -0.15) is 5.10 Å². The highest BCUT2D eigenvalue weighted by atomic mass is 16.1. The lowest BCUT2D eigenvalue weighted by Crippen LogP contribution is -2.14. The van der Waals surface area contributed by atoms with E-state index in [1.165, 1.54) is 0 Å². The van der Waals surface area contributed by atoms with E-state index in [0.717, 1.165) is 29.8 Å². The molecule has 0 spiro atoms. The highest BCUT2D eigenvalue weighted by Gasteiger charge is 2.07. The summed E-state index contributed by atoms with van der Waals surface area (Å²) in [6.45, 7) is 2.80. The van der Waals surface area contributed by atoms with Gasteiger partial charge >= 0.3 is 0 Å². The Bertz CT molecular complexity index is 565. The molecule has 0 aliphatic heterocycles. The van der Waals surface area contributed by atoms with E-state index in [1.807, 2.05) is 30.3 Å². The number of H-pyrrole nitrogens is 1. The van der Waals surface area contributed by atoms with Crippen LogP contribution in [-0.2, 0) is 4.79 Å². The SMILES string of the molecule is CC(CCN)CCC(=O)Nc1cccc(-c2ccn[nH]2)c1. The van der Waals surface area contributed by atoms with Crippen LogP contribution in [-0.4, -0.2) is 22.6 Å². The van der Waals surface area contributed by atoms with Gasteiger partial charge < -0.3 is 11.1 Å². The molecule has 1 atom stereocenters. The molecule has 1 amide bonds. The van der Waals surface area contributed by atoms with Crippen LogP contribution in [0.4, 0.5) is 5.69 Å². The van der Waals surface area contributed by atoms with Crippen LogP contribution in [0.2, 0.25) is 0 Å². The first-order chi connectivity index (χ1) is 10.2. The fraction of sp³-hybridized carbons (Fsp3) is 0.375. The maximum absolute atomic E-state index is 12.0. The Hall–Kier alpha value is -2.14. The second-order valence-electron chi connectivity index (χ2n) is 5.32. The molecule has 1 unspecified atom stereocenters. The summed E-state index contributed by atoms with van der Waals surface area (Å²) in [5.41, 5.74) is 8.25. The van der Waals surface area contributed by atoms with E-state index >= 15 is 0 Å². The maximum Gasteiger partial charge on any atom is 0.224 e. The third-order valence-electron chi connectivity index (χ3n) is 3.48. The Labute approximate surface area is 124 Å². The first kappa shape index (κ1) is 15.3. The first-order valence-corrected chi connectivity index (χ1v) is 7.28. The van der Waals surface area contributed by atoms with Crippen LogP contribution < -0.4 is 11.1 Å². The highest BCUT2D eigenvalue weighted by Crippen LogP contribution is 2.20. The number of hydrogen-bond donors (Lipinski definition) is 3. The highest BCUT2D eigenvalue weighted by molar-refractivity contribution is 5.91. The van der Waals surface area contributed by atoms with Gasteiger partial charge in [0.15, 0.2) is 0 Å². The smallest absolute Gasteiger partial charge is 0.224 e. The number of nitrogens with zero attached hydrogens (tertiary/aromatic N) is 1. The van der Waals surface area contributed by atoms with Crippen LogP contribution >= 0.6 is 0 Å². The minimum atomic E-state index is 0.0423. The van der Waals surface area contributed by atoms with E-state index in [9.17, 15) is 4.79 Å². The van der Waals surface area contributed by atoms with Gasteiger partial charge in [0.1, 0.15) is 0 Å². The number of nitrogens with one attached hydrogen (secondary N) is 2. The van der Waals surface area contributed by atoms with Gasteiger partial charge in [0.05, 0.1) is 5.69 Å². The van der Waals surface area contributed by atoms with Crippen LogP contribution in [0, 0.1) is 5.92 Å². The molecule has 1 heterocycles. The van der Waals surface area contributed by atoms with Crippen molar-refractivity contribution in [1.82, 2.24) is 10.2 Å². The summed E-state index contributed by atoms with van der Waals surface area (Å²) in [6.07, 6.45) is 4.06. The molecule has 5 nitrogen and oxygen atoms in total.